The maximum atomic E-state index is 11.3. The van der Waals surface area contributed by atoms with Crippen molar-refractivity contribution in [3.63, 3.8) is 0 Å². The molecule has 1 aliphatic rings. The summed E-state index contributed by atoms with van der Waals surface area (Å²) < 4.78 is 31.4. The molecule has 0 radical (unpaired) electrons. The zero-order valence-electron chi connectivity index (χ0n) is 13.9. The summed E-state index contributed by atoms with van der Waals surface area (Å²) in [5, 5.41) is 10.1. The van der Waals surface area contributed by atoms with Crippen LogP contribution in [0.1, 0.15) is 13.8 Å². The van der Waals surface area contributed by atoms with E-state index < -0.39 is 48.7 Å². The lowest BCUT2D eigenvalue weighted by Crippen LogP contribution is -2.63. The van der Waals surface area contributed by atoms with E-state index in [2.05, 4.69) is 0 Å². The van der Waals surface area contributed by atoms with Crippen molar-refractivity contribution in [2.24, 2.45) is 0 Å². The van der Waals surface area contributed by atoms with Crippen molar-refractivity contribution < 1.29 is 43.1 Å². The van der Waals surface area contributed by atoms with Crippen molar-refractivity contribution in [2.45, 2.75) is 50.7 Å². The second kappa shape index (κ2) is 9.14. The maximum Gasteiger partial charge on any atom is 0.303 e. The largest absolute Gasteiger partial charge is 0.463 e. The van der Waals surface area contributed by atoms with Gasteiger partial charge in [-0.05, 0) is 0 Å². The molecular weight excluding hydrogens is 312 g/mol. The molecule has 134 valence electrons. The molecule has 6 atom stereocenters. The fourth-order valence-electron chi connectivity index (χ4n) is 2.49. The summed E-state index contributed by atoms with van der Waals surface area (Å²) in [4.78, 5) is 22.3. The minimum absolute atomic E-state index is 0.104. The van der Waals surface area contributed by atoms with Crippen molar-refractivity contribution in [3.8, 4) is 0 Å². The quantitative estimate of drug-likeness (QED) is 0.600. The maximum absolute atomic E-state index is 11.3. The summed E-state index contributed by atoms with van der Waals surface area (Å²) in [6, 6.07) is 0. The van der Waals surface area contributed by atoms with Crippen LogP contribution in [0, 0.1) is 0 Å². The Morgan fingerprint density at radius 3 is 2.09 bits per heavy atom. The first-order chi connectivity index (χ1) is 10.8. The van der Waals surface area contributed by atoms with E-state index in [9.17, 15) is 14.7 Å². The van der Waals surface area contributed by atoms with Crippen molar-refractivity contribution in [1.29, 1.82) is 0 Å². The van der Waals surface area contributed by atoms with Gasteiger partial charge in [-0.3, -0.25) is 9.59 Å². The van der Waals surface area contributed by atoms with E-state index >= 15 is 0 Å². The third-order valence-electron chi connectivity index (χ3n) is 3.52. The SMILES string of the molecule is COC(COC(C)=O)C1OC(O)C(OC)C(OC(C)=O)C1OC. The monoisotopic (exact) mass is 336 g/mol. The third-order valence-corrected chi connectivity index (χ3v) is 3.52. The minimum atomic E-state index is -1.37. The lowest BCUT2D eigenvalue weighted by Gasteiger charge is -2.44. The molecule has 1 N–H and O–H groups in total. The highest BCUT2D eigenvalue weighted by atomic mass is 16.7. The van der Waals surface area contributed by atoms with Crippen LogP contribution >= 0.6 is 0 Å². The van der Waals surface area contributed by atoms with E-state index in [0.29, 0.717) is 0 Å². The second-order valence-electron chi connectivity index (χ2n) is 5.04. The van der Waals surface area contributed by atoms with E-state index in [4.69, 9.17) is 28.4 Å². The number of hydrogen-bond acceptors (Lipinski definition) is 9. The Morgan fingerprint density at radius 2 is 1.65 bits per heavy atom. The number of ether oxygens (including phenoxy) is 6. The van der Waals surface area contributed by atoms with E-state index in [-0.39, 0.29) is 6.61 Å². The second-order valence-corrected chi connectivity index (χ2v) is 5.04. The normalized spacial score (nSPS) is 32.2. The molecule has 6 unspecified atom stereocenters. The molecule has 9 heteroatoms. The predicted molar refractivity (Wildman–Crippen MR) is 75.5 cm³/mol. The molecule has 1 heterocycles. The Labute approximate surface area is 134 Å². The number of carbonyl (C=O) groups is 2. The average molecular weight is 336 g/mol. The Hall–Kier alpha value is -1.26. The summed E-state index contributed by atoms with van der Waals surface area (Å²) in [5.41, 5.74) is 0. The standard InChI is InChI=1S/C14H24O9/c1-7(15)21-6-9(18-3)10-11(19-4)12(22-8(2)16)13(20-5)14(17)23-10/h9-14,17H,6H2,1-5H3. The lowest BCUT2D eigenvalue weighted by molar-refractivity contribution is -0.310. The molecule has 1 saturated heterocycles. The molecular formula is C14H24O9. The molecule has 23 heavy (non-hydrogen) atoms. The number of esters is 2. The van der Waals surface area contributed by atoms with Crippen LogP contribution in [-0.4, -0.2) is 81.8 Å². The van der Waals surface area contributed by atoms with E-state index in [0.717, 1.165) is 0 Å². The van der Waals surface area contributed by atoms with Crippen molar-refractivity contribution in [2.75, 3.05) is 27.9 Å². The van der Waals surface area contributed by atoms with Gasteiger partial charge in [0.15, 0.2) is 12.4 Å². The lowest BCUT2D eigenvalue weighted by atomic mass is 9.94. The molecule has 0 aromatic carbocycles. The number of rotatable bonds is 7. The Kier molecular flexibility index (Phi) is 7.86. The van der Waals surface area contributed by atoms with Gasteiger partial charge < -0.3 is 33.5 Å². The van der Waals surface area contributed by atoms with Gasteiger partial charge in [-0.2, -0.15) is 0 Å². The van der Waals surface area contributed by atoms with Crippen LogP contribution in [0.5, 0.6) is 0 Å². The highest BCUT2D eigenvalue weighted by Gasteiger charge is 2.51. The van der Waals surface area contributed by atoms with Gasteiger partial charge in [-0.15, -0.1) is 0 Å². The first kappa shape index (κ1) is 19.8. The molecule has 1 fully saturated rings. The smallest absolute Gasteiger partial charge is 0.303 e. The van der Waals surface area contributed by atoms with Crippen LogP contribution in [-0.2, 0) is 38.0 Å². The van der Waals surface area contributed by atoms with Gasteiger partial charge in [0, 0.05) is 35.2 Å². The topological polar surface area (TPSA) is 110 Å². The molecule has 0 saturated carbocycles. The Balaban J connectivity index is 3.00. The van der Waals surface area contributed by atoms with Gasteiger partial charge in [-0.25, -0.2) is 0 Å². The van der Waals surface area contributed by atoms with Crippen LogP contribution in [0.4, 0.5) is 0 Å². The molecule has 0 aliphatic carbocycles. The van der Waals surface area contributed by atoms with Crippen LogP contribution in [0.2, 0.25) is 0 Å². The van der Waals surface area contributed by atoms with E-state index in [1.54, 1.807) is 0 Å². The first-order valence-corrected chi connectivity index (χ1v) is 7.08. The zero-order chi connectivity index (χ0) is 17.6. The Bertz CT molecular complexity index is 400. The predicted octanol–water partition coefficient (Wildman–Crippen LogP) is -0.757. The highest BCUT2D eigenvalue weighted by molar-refractivity contribution is 5.66. The van der Waals surface area contributed by atoms with Crippen molar-refractivity contribution in [3.05, 3.63) is 0 Å². The molecule has 0 bridgehead atoms. The minimum Gasteiger partial charge on any atom is -0.463 e. The van der Waals surface area contributed by atoms with E-state index in [1.165, 1.54) is 35.2 Å². The number of aliphatic hydroxyl groups is 1. The number of aliphatic hydroxyl groups excluding tert-OH is 1. The van der Waals surface area contributed by atoms with Crippen molar-refractivity contribution in [1.82, 2.24) is 0 Å². The summed E-state index contributed by atoms with van der Waals surface area (Å²) in [6.07, 6.45) is -5.55. The summed E-state index contributed by atoms with van der Waals surface area (Å²) in [6.45, 7) is 2.40. The van der Waals surface area contributed by atoms with Gasteiger partial charge in [-0.1, -0.05) is 0 Å². The van der Waals surface area contributed by atoms with Gasteiger partial charge in [0.25, 0.3) is 0 Å². The number of carbonyl (C=O) groups excluding carboxylic acids is 2. The molecule has 0 aromatic rings. The van der Waals surface area contributed by atoms with Gasteiger partial charge in [0.05, 0.1) is 0 Å². The molecule has 1 rings (SSSR count). The fraction of sp³-hybridized carbons (Fsp3) is 0.857. The fourth-order valence-corrected chi connectivity index (χ4v) is 2.49. The van der Waals surface area contributed by atoms with Crippen LogP contribution in [0.15, 0.2) is 0 Å². The average Bonchev–Trinajstić information content (AvgIpc) is 2.47. The Morgan fingerprint density at radius 1 is 1.04 bits per heavy atom. The molecule has 0 aromatic heterocycles. The molecule has 0 spiro atoms. The van der Waals surface area contributed by atoms with E-state index in [1.807, 2.05) is 0 Å². The summed E-state index contributed by atoms with van der Waals surface area (Å²) in [7, 11) is 4.16. The molecule has 9 nitrogen and oxygen atoms in total. The van der Waals surface area contributed by atoms with Crippen molar-refractivity contribution >= 4 is 11.9 Å². The van der Waals surface area contributed by atoms with Gasteiger partial charge in [0.1, 0.15) is 31.0 Å². The first-order valence-electron chi connectivity index (χ1n) is 7.08. The third kappa shape index (κ3) is 5.11. The number of hydrogen-bond donors (Lipinski definition) is 1. The summed E-state index contributed by atoms with van der Waals surface area (Å²) in [5.74, 6) is -1.04. The van der Waals surface area contributed by atoms with Gasteiger partial charge in [0.2, 0.25) is 0 Å². The van der Waals surface area contributed by atoms with Crippen LogP contribution in [0.25, 0.3) is 0 Å². The number of methoxy groups -OCH3 is 3. The summed E-state index contributed by atoms with van der Waals surface area (Å²) >= 11 is 0. The van der Waals surface area contributed by atoms with Crippen LogP contribution in [0.3, 0.4) is 0 Å². The van der Waals surface area contributed by atoms with Gasteiger partial charge >= 0.3 is 11.9 Å². The molecule has 0 amide bonds. The highest BCUT2D eigenvalue weighted by Crippen LogP contribution is 2.29. The zero-order valence-corrected chi connectivity index (χ0v) is 13.9. The van der Waals surface area contributed by atoms with Crippen LogP contribution < -0.4 is 0 Å². The molecule has 1 aliphatic heterocycles.